The Kier molecular flexibility index (Phi) is 6.26. The molecule has 0 unspecified atom stereocenters. The van der Waals surface area contributed by atoms with E-state index in [1.807, 2.05) is 37.3 Å². The van der Waals surface area contributed by atoms with Crippen LogP contribution in [0.4, 0.5) is 5.69 Å². The van der Waals surface area contributed by atoms with E-state index in [9.17, 15) is 9.59 Å². The van der Waals surface area contributed by atoms with Crippen LogP contribution in [0.5, 0.6) is 0 Å². The van der Waals surface area contributed by atoms with E-state index in [0.717, 1.165) is 25.7 Å². The monoisotopic (exact) mass is 474 g/mol. The van der Waals surface area contributed by atoms with Crippen molar-refractivity contribution in [1.82, 2.24) is 15.1 Å². The first-order chi connectivity index (χ1) is 16.9. The number of anilines is 1. The third-order valence-corrected chi connectivity index (χ3v) is 7.42. The van der Waals surface area contributed by atoms with Crippen LogP contribution >= 0.6 is 0 Å². The van der Waals surface area contributed by atoms with Crippen molar-refractivity contribution in [3.8, 4) is 11.5 Å². The summed E-state index contributed by atoms with van der Waals surface area (Å²) in [6, 6.07) is 13.5. The fourth-order valence-electron chi connectivity index (χ4n) is 5.30. The van der Waals surface area contributed by atoms with Crippen molar-refractivity contribution in [2.24, 2.45) is 0 Å². The van der Waals surface area contributed by atoms with Crippen LogP contribution in [0.1, 0.15) is 81.3 Å². The topological polar surface area (TPSA) is 80.4 Å². The van der Waals surface area contributed by atoms with Crippen LogP contribution in [0.25, 0.3) is 11.5 Å². The zero-order valence-electron chi connectivity index (χ0n) is 20.8. The summed E-state index contributed by atoms with van der Waals surface area (Å²) in [7, 11) is 0. The van der Waals surface area contributed by atoms with Crippen molar-refractivity contribution < 1.29 is 14.0 Å². The predicted octanol–water partition coefficient (Wildman–Crippen LogP) is 5.52. The lowest BCUT2D eigenvalue weighted by Gasteiger charge is -2.43. The maximum absolute atomic E-state index is 13.9. The number of nitrogens with one attached hydrogen (secondary N) is 1. The van der Waals surface area contributed by atoms with E-state index in [0.29, 0.717) is 28.8 Å². The minimum absolute atomic E-state index is 0.133. The van der Waals surface area contributed by atoms with E-state index in [4.69, 9.17) is 4.42 Å². The molecular formula is C28H34N4O3. The Morgan fingerprint density at radius 1 is 1.11 bits per heavy atom. The van der Waals surface area contributed by atoms with Crippen molar-refractivity contribution in [3.05, 3.63) is 60.0 Å². The Bertz CT molecular complexity index is 1190. The van der Waals surface area contributed by atoms with Crippen LogP contribution in [-0.4, -0.2) is 33.2 Å². The van der Waals surface area contributed by atoms with Crippen molar-refractivity contribution in [2.45, 2.75) is 83.3 Å². The number of carbonyl (C=O) groups excluding carboxylic acids is 2. The van der Waals surface area contributed by atoms with Gasteiger partial charge in [0.25, 0.3) is 5.91 Å². The Morgan fingerprint density at radius 2 is 1.83 bits per heavy atom. The molecule has 5 rings (SSSR count). The second-order valence-electron chi connectivity index (χ2n) is 10.4. The summed E-state index contributed by atoms with van der Waals surface area (Å²) < 4.78 is 7.17. The summed E-state index contributed by atoms with van der Waals surface area (Å²) in [6.45, 7) is 6.39. The molecule has 1 fully saturated rings. The third-order valence-electron chi connectivity index (χ3n) is 7.42. The van der Waals surface area contributed by atoms with E-state index in [2.05, 4.69) is 24.3 Å². The minimum atomic E-state index is -1.12. The second-order valence-corrected chi connectivity index (χ2v) is 10.4. The molecule has 7 heteroatoms. The van der Waals surface area contributed by atoms with Gasteiger partial charge in [-0.15, -0.1) is 0 Å². The average molecular weight is 475 g/mol. The Morgan fingerprint density at radius 3 is 2.46 bits per heavy atom. The molecule has 0 radical (unpaired) electrons. The van der Waals surface area contributed by atoms with Crippen LogP contribution in [0.15, 0.2) is 53.1 Å². The number of amides is 2. The molecule has 2 aliphatic rings. The average Bonchev–Trinajstić information content (AvgIpc) is 3.45. The van der Waals surface area contributed by atoms with Crippen LogP contribution in [-0.2, 0) is 11.3 Å². The molecule has 1 N–H and O–H groups in total. The molecule has 1 atom stereocenters. The highest BCUT2D eigenvalue weighted by Crippen LogP contribution is 2.35. The van der Waals surface area contributed by atoms with E-state index < -0.39 is 5.54 Å². The number of benzene rings is 1. The van der Waals surface area contributed by atoms with Gasteiger partial charge in [0, 0.05) is 17.8 Å². The van der Waals surface area contributed by atoms with E-state index in [1.165, 1.54) is 18.4 Å². The highest BCUT2D eigenvalue weighted by atomic mass is 16.3. The normalized spacial score (nSPS) is 21.1. The SMILES string of the molecule is CC(C)c1ccc(N2C(=O)c3cc(-c4ccco4)nn3C[C@]2(C)C(=O)NC2CCCCCC2)cc1. The Balaban J connectivity index is 1.54. The zero-order valence-corrected chi connectivity index (χ0v) is 20.8. The second kappa shape index (κ2) is 9.36. The maximum Gasteiger partial charge on any atom is 0.277 e. The molecule has 3 heterocycles. The molecule has 1 saturated carbocycles. The van der Waals surface area contributed by atoms with Gasteiger partial charge in [0.05, 0.1) is 12.8 Å². The number of furan rings is 1. The standard InChI is InChI=1S/C28H34N4O3/c1-19(2)20-12-14-22(15-13-20)32-26(33)24-17-23(25-11-8-16-35-25)30-31(24)18-28(32,3)27(34)29-21-9-6-4-5-7-10-21/h8,11-17,19,21H,4-7,9-10,18H2,1-3H3,(H,29,34)/t28-/m1/s1. The van der Waals surface area contributed by atoms with Gasteiger partial charge >= 0.3 is 0 Å². The van der Waals surface area contributed by atoms with Crippen molar-refractivity contribution >= 4 is 17.5 Å². The van der Waals surface area contributed by atoms with Gasteiger partial charge in [0.2, 0.25) is 5.91 Å². The van der Waals surface area contributed by atoms with Gasteiger partial charge in [0.15, 0.2) is 5.76 Å². The quantitative estimate of drug-likeness (QED) is 0.494. The van der Waals surface area contributed by atoms with Crippen LogP contribution in [0.3, 0.4) is 0 Å². The molecule has 7 nitrogen and oxygen atoms in total. The first kappa shape index (κ1) is 23.4. The molecule has 0 spiro atoms. The number of nitrogens with zero attached hydrogens (tertiary/aromatic N) is 3. The summed E-state index contributed by atoms with van der Waals surface area (Å²) in [5, 5.41) is 7.94. The molecular weight excluding hydrogens is 440 g/mol. The van der Waals surface area contributed by atoms with E-state index in [1.54, 1.807) is 28.0 Å². The Hall–Kier alpha value is -3.35. The molecule has 1 aromatic carbocycles. The van der Waals surface area contributed by atoms with Crippen LogP contribution < -0.4 is 10.2 Å². The van der Waals surface area contributed by atoms with Crippen molar-refractivity contribution in [2.75, 3.05) is 4.90 Å². The lowest BCUT2D eigenvalue weighted by molar-refractivity contribution is -0.127. The molecule has 2 amide bonds. The van der Waals surface area contributed by atoms with Gasteiger partial charge in [-0.3, -0.25) is 19.2 Å². The molecule has 0 saturated heterocycles. The summed E-state index contributed by atoms with van der Waals surface area (Å²) in [5.74, 6) is 0.601. The maximum atomic E-state index is 13.9. The zero-order chi connectivity index (χ0) is 24.6. The number of hydrogen-bond acceptors (Lipinski definition) is 4. The van der Waals surface area contributed by atoms with Crippen molar-refractivity contribution in [3.63, 3.8) is 0 Å². The predicted molar refractivity (Wildman–Crippen MR) is 135 cm³/mol. The number of fused-ring (bicyclic) bond motifs is 1. The third kappa shape index (κ3) is 4.40. The van der Waals surface area contributed by atoms with Crippen LogP contribution in [0, 0.1) is 0 Å². The summed E-state index contributed by atoms with van der Waals surface area (Å²) >= 11 is 0. The Labute approximate surface area is 206 Å². The molecule has 1 aliphatic carbocycles. The van der Waals surface area contributed by atoms with Gasteiger partial charge in [-0.05, 0) is 55.5 Å². The largest absolute Gasteiger partial charge is 0.463 e. The summed E-state index contributed by atoms with van der Waals surface area (Å²) in [5.41, 5.74) is 1.81. The lowest BCUT2D eigenvalue weighted by atomic mass is 9.92. The van der Waals surface area contributed by atoms with Gasteiger partial charge in [-0.1, -0.05) is 51.7 Å². The fourth-order valence-corrected chi connectivity index (χ4v) is 5.30. The van der Waals surface area contributed by atoms with E-state index in [-0.39, 0.29) is 24.4 Å². The van der Waals surface area contributed by atoms with Gasteiger partial charge < -0.3 is 9.73 Å². The summed E-state index contributed by atoms with van der Waals surface area (Å²) in [6.07, 6.45) is 8.21. The molecule has 0 bridgehead atoms. The highest BCUT2D eigenvalue weighted by Gasteiger charge is 2.49. The first-order valence-corrected chi connectivity index (χ1v) is 12.7. The first-order valence-electron chi connectivity index (χ1n) is 12.7. The lowest BCUT2D eigenvalue weighted by Crippen LogP contribution is -2.65. The number of aromatic nitrogens is 2. The number of hydrogen-bond donors (Lipinski definition) is 1. The van der Waals surface area contributed by atoms with Gasteiger partial charge in [-0.2, -0.15) is 5.10 Å². The number of carbonyl (C=O) groups is 2. The number of rotatable bonds is 5. The van der Waals surface area contributed by atoms with Crippen LogP contribution in [0.2, 0.25) is 0 Å². The van der Waals surface area contributed by atoms with Crippen molar-refractivity contribution in [1.29, 1.82) is 0 Å². The minimum Gasteiger partial charge on any atom is -0.463 e. The molecule has 3 aromatic rings. The highest BCUT2D eigenvalue weighted by molar-refractivity contribution is 6.12. The van der Waals surface area contributed by atoms with Gasteiger partial charge in [0.1, 0.15) is 16.9 Å². The van der Waals surface area contributed by atoms with E-state index >= 15 is 0 Å². The molecule has 2 aromatic heterocycles. The summed E-state index contributed by atoms with van der Waals surface area (Å²) in [4.78, 5) is 29.5. The molecule has 184 valence electrons. The smallest absolute Gasteiger partial charge is 0.277 e. The fraction of sp³-hybridized carbons (Fsp3) is 0.464. The molecule has 1 aliphatic heterocycles. The van der Waals surface area contributed by atoms with Gasteiger partial charge in [-0.25, -0.2) is 0 Å². The molecule has 35 heavy (non-hydrogen) atoms.